The molecule has 1 saturated heterocycles. The van der Waals surface area contributed by atoms with Crippen molar-refractivity contribution in [3.05, 3.63) is 0 Å². The Hall–Kier alpha value is -0.0400. The van der Waals surface area contributed by atoms with Crippen LogP contribution in [0.2, 0.25) is 0 Å². The van der Waals surface area contributed by atoms with E-state index in [1.165, 1.54) is 12.8 Å². The molecule has 0 aliphatic carbocycles. The Balaban J connectivity index is 2.17. The van der Waals surface area contributed by atoms with Crippen molar-refractivity contribution in [3.8, 4) is 0 Å². The molecular formula is C8H17N. The highest BCUT2D eigenvalue weighted by molar-refractivity contribution is 4.99. The maximum atomic E-state index is 3.47. The molecular weight excluding hydrogens is 110 g/mol. The SMILES string of the molecule is CCC(C)[C@@H]1N[C@H]1CC. The molecule has 9 heavy (non-hydrogen) atoms. The molecule has 1 fully saturated rings. The van der Waals surface area contributed by atoms with Crippen LogP contribution in [0.3, 0.4) is 0 Å². The van der Waals surface area contributed by atoms with Crippen LogP contribution in [0.1, 0.15) is 33.6 Å². The van der Waals surface area contributed by atoms with Gasteiger partial charge in [-0.3, -0.25) is 0 Å². The average Bonchev–Trinajstić information content (AvgIpc) is 2.64. The highest BCUT2D eigenvalue weighted by Crippen LogP contribution is 2.24. The van der Waals surface area contributed by atoms with E-state index in [0.29, 0.717) is 0 Å². The lowest BCUT2D eigenvalue weighted by atomic mass is 10.0. The summed E-state index contributed by atoms with van der Waals surface area (Å²) >= 11 is 0. The Morgan fingerprint density at radius 2 is 2.11 bits per heavy atom. The predicted molar refractivity (Wildman–Crippen MR) is 40.5 cm³/mol. The lowest BCUT2D eigenvalue weighted by Crippen LogP contribution is -2.05. The fourth-order valence-electron chi connectivity index (χ4n) is 1.38. The molecule has 1 N–H and O–H groups in total. The minimum absolute atomic E-state index is 0.847. The first-order chi connectivity index (χ1) is 4.29. The van der Waals surface area contributed by atoms with E-state index in [1.54, 1.807) is 0 Å². The minimum atomic E-state index is 0.847. The summed E-state index contributed by atoms with van der Waals surface area (Å²) in [5, 5.41) is 3.47. The summed E-state index contributed by atoms with van der Waals surface area (Å²) in [6.45, 7) is 6.84. The van der Waals surface area contributed by atoms with Crippen molar-refractivity contribution in [1.82, 2.24) is 5.32 Å². The molecule has 0 radical (unpaired) electrons. The molecule has 0 bridgehead atoms. The zero-order valence-corrected chi connectivity index (χ0v) is 6.65. The molecule has 1 rings (SSSR count). The van der Waals surface area contributed by atoms with Gasteiger partial charge in [0.25, 0.3) is 0 Å². The van der Waals surface area contributed by atoms with Crippen molar-refractivity contribution in [1.29, 1.82) is 0 Å². The van der Waals surface area contributed by atoms with Crippen molar-refractivity contribution >= 4 is 0 Å². The Kier molecular flexibility index (Phi) is 2.12. The second kappa shape index (κ2) is 2.70. The summed E-state index contributed by atoms with van der Waals surface area (Å²) in [6, 6.07) is 1.69. The molecule has 54 valence electrons. The van der Waals surface area contributed by atoms with Gasteiger partial charge in [0.2, 0.25) is 0 Å². The van der Waals surface area contributed by atoms with Gasteiger partial charge in [-0.2, -0.15) is 0 Å². The van der Waals surface area contributed by atoms with Crippen LogP contribution in [0.4, 0.5) is 0 Å². The van der Waals surface area contributed by atoms with Gasteiger partial charge >= 0.3 is 0 Å². The van der Waals surface area contributed by atoms with Crippen molar-refractivity contribution in [2.24, 2.45) is 5.92 Å². The van der Waals surface area contributed by atoms with Crippen LogP contribution in [0.25, 0.3) is 0 Å². The fraction of sp³-hybridized carbons (Fsp3) is 1.00. The number of hydrogen-bond acceptors (Lipinski definition) is 1. The lowest BCUT2D eigenvalue weighted by Gasteiger charge is -2.02. The fourth-order valence-corrected chi connectivity index (χ4v) is 1.38. The summed E-state index contributed by atoms with van der Waals surface area (Å²) in [4.78, 5) is 0. The van der Waals surface area contributed by atoms with Gasteiger partial charge in [0, 0.05) is 12.1 Å². The maximum absolute atomic E-state index is 3.47. The molecule has 3 atom stereocenters. The van der Waals surface area contributed by atoms with Gasteiger partial charge in [0.05, 0.1) is 0 Å². The first kappa shape index (κ1) is 7.07. The molecule has 1 aliphatic heterocycles. The monoisotopic (exact) mass is 127 g/mol. The average molecular weight is 127 g/mol. The van der Waals surface area contributed by atoms with Crippen LogP contribution < -0.4 is 5.32 Å². The van der Waals surface area contributed by atoms with Gasteiger partial charge in [-0.25, -0.2) is 0 Å². The van der Waals surface area contributed by atoms with Crippen LogP contribution in [0.5, 0.6) is 0 Å². The Morgan fingerprint density at radius 3 is 2.44 bits per heavy atom. The second-order valence-electron chi connectivity index (χ2n) is 3.09. The van der Waals surface area contributed by atoms with Gasteiger partial charge in [-0.05, 0) is 12.3 Å². The number of nitrogens with one attached hydrogen (secondary N) is 1. The van der Waals surface area contributed by atoms with Gasteiger partial charge < -0.3 is 5.32 Å². The molecule has 0 saturated carbocycles. The van der Waals surface area contributed by atoms with Gasteiger partial charge in [0.15, 0.2) is 0 Å². The van der Waals surface area contributed by atoms with Gasteiger partial charge in [0.1, 0.15) is 0 Å². The Morgan fingerprint density at radius 1 is 1.44 bits per heavy atom. The van der Waals surface area contributed by atoms with Crippen LogP contribution in [0.15, 0.2) is 0 Å². The van der Waals surface area contributed by atoms with E-state index in [-0.39, 0.29) is 0 Å². The zero-order valence-electron chi connectivity index (χ0n) is 6.65. The van der Waals surface area contributed by atoms with Crippen molar-refractivity contribution in [2.75, 3.05) is 0 Å². The summed E-state index contributed by atoms with van der Waals surface area (Å²) in [6.07, 6.45) is 2.61. The first-order valence-electron chi connectivity index (χ1n) is 4.05. The van der Waals surface area contributed by atoms with Gasteiger partial charge in [-0.1, -0.05) is 27.2 Å². The van der Waals surface area contributed by atoms with E-state index >= 15 is 0 Å². The molecule has 1 nitrogen and oxygen atoms in total. The van der Waals surface area contributed by atoms with Crippen LogP contribution in [0, 0.1) is 5.92 Å². The van der Waals surface area contributed by atoms with E-state index in [4.69, 9.17) is 0 Å². The summed E-state index contributed by atoms with van der Waals surface area (Å²) in [5.74, 6) is 0.884. The zero-order chi connectivity index (χ0) is 6.85. The maximum Gasteiger partial charge on any atom is 0.0249 e. The van der Waals surface area contributed by atoms with Gasteiger partial charge in [-0.15, -0.1) is 0 Å². The molecule has 0 amide bonds. The smallest absolute Gasteiger partial charge is 0.0249 e. The Labute approximate surface area is 57.8 Å². The number of hydrogen-bond donors (Lipinski definition) is 1. The standard InChI is InChI=1S/C8H17N/c1-4-6(3)8-7(5-2)9-8/h6-9H,4-5H2,1-3H3/t6?,7-,8-/m0/s1. The van der Waals surface area contributed by atoms with Crippen LogP contribution >= 0.6 is 0 Å². The molecule has 1 aliphatic rings. The van der Waals surface area contributed by atoms with E-state index in [1.807, 2.05) is 0 Å². The predicted octanol–water partition coefficient (Wildman–Crippen LogP) is 1.78. The van der Waals surface area contributed by atoms with Crippen molar-refractivity contribution in [2.45, 2.75) is 45.7 Å². The van der Waals surface area contributed by atoms with Crippen LogP contribution in [-0.4, -0.2) is 12.1 Å². The van der Waals surface area contributed by atoms with Crippen LogP contribution in [-0.2, 0) is 0 Å². The molecule has 1 heterocycles. The minimum Gasteiger partial charge on any atom is -0.308 e. The quantitative estimate of drug-likeness (QED) is 0.573. The molecule has 1 unspecified atom stereocenters. The molecule has 0 aromatic heterocycles. The number of rotatable bonds is 3. The lowest BCUT2D eigenvalue weighted by molar-refractivity contribution is 0.536. The third-order valence-corrected chi connectivity index (χ3v) is 2.43. The van der Waals surface area contributed by atoms with E-state index in [0.717, 1.165) is 18.0 Å². The molecule has 1 heteroatoms. The molecule has 0 spiro atoms. The van der Waals surface area contributed by atoms with Crippen molar-refractivity contribution < 1.29 is 0 Å². The topological polar surface area (TPSA) is 21.9 Å². The van der Waals surface area contributed by atoms with Crippen molar-refractivity contribution in [3.63, 3.8) is 0 Å². The highest BCUT2D eigenvalue weighted by atomic mass is 15.1. The molecule has 0 aromatic rings. The third kappa shape index (κ3) is 1.45. The normalized spacial score (nSPS) is 36.3. The summed E-state index contributed by atoms with van der Waals surface area (Å²) < 4.78 is 0. The first-order valence-corrected chi connectivity index (χ1v) is 4.05. The third-order valence-electron chi connectivity index (χ3n) is 2.43. The Bertz CT molecular complexity index is 90.6. The summed E-state index contributed by atoms with van der Waals surface area (Å²) in [7, 11) is 0. The summed E-state index contributed by atoms with van der Waals surface area (Å²) in [5.41, 5.74) is 0. The molecule has 0 aromatic carbocycles. The van der Waals surface area contributed by atoms with E-state index in [9.17, 15) is 0 Å². The highest BCUT2D eigenvalue weighted by Gasteiger charge is 2.37. The van der Waals surface area contributed by atoms with E-state index < -0.39 is 0 Å². The largest absolute Gasteiger partial charge is 0.308 e. The van der Waals surface area contributed by atoms with E-state index in [2.05, 4.69) is 26.1 Å². The second-order valence-corrected chi connectivity index (χ2v) is 3.09.